The maximum Gasteiger partial charge on any atom is 0.337 e. The van der Waals surface area contributed by atoms with Gasteiger partial charge in [0.1, 0.15) is 12.2 Å². The summed E-state index contributed by atoms with van der Waals surface area (Å²) in [4.78, 5) is 26.7. The van der Waals surface area contributed by atoms with Crippen LogP contribution in [0.25, 0.3) is 0 Å². The van der Waals surface area contributed by atoms with Gasteiger partial charge in [0, 0.05) is 23.5 Å². The molecule has 1 aliphatic heterocycles. The SMILES string of the molecule is COC(=O)c1ccc(C[C@@H]2O[C@@H](c3ccc(Cl)cc3)[C@@H](c3ccc(Cl)cc3)N(C)C2=O)cc1. The molecule has 3 aromatic carbocycles. The van der Waals surface area contributed by atoms with Gasteiger partial charge in [0.05, 0.1) is 18.7 Å². The van der Waals surface area contributed by atoms with E-state index in [0.29, 0.717) is 22.0 Å². The van der Waals surface area contributed by atoms with Crippen molar-refractivity contribution < 1.29 is 19.1 Å². The third-order valence-corrected chi connectivity index (χ3v) is 6.35. The van der Waals surface area contributed by atoms with Gasteiger partial charge in [-0.25, -0.2) is 4.79 Å². The summed E-state index contributed by atoms with van der Waals surface area (Å²) in [5.41, 5.74) is 3.19. The molecule has 5 nitrogen and oxygen atoms in total. The van der Waals surface area contributed by atoms with Crippen LogP contribution in [0.15, 0.2) is 72.8 Å². The summed E-state index contributed by atoms with van der Waals surface area (Å²) in [6.07, 6.45) is -0.698. The van der Waals surface area contributed by atoms with Crippen molar-refractivity contribution in [2.45, 2.75) is 24.7 Å². The Morgan fingerprint density at radius 2 is 1.45 bits per heavy atom. The van der Waals surface area contributed by atoms with Gasteiger partial charge in [-0.3, -0.25) is 4.79 Å². The minimum atomic E-state index is -0.678. The number of methoxy groups -OCH3 is 1. The number of ether oxygens (including phenoxy) is 2. The molecule has 0 saturated carbocycles. The van der Waals surface area contributed by atoms with E-state index < -0.39 is 18.2 Å². The zero-order valence-electron chi connectivity index (χ0n) is 18.2. The average molecular weight is 484 g/mol. The summed E-state index contributed by atoms with van der Waals surface area (Å²) in [6.45, 7) is 0. The normalized spacial score (nSPS) is 20.5. The van der Waals surface area contributed by atoms with E-state index in [9.17, 15) is 9.59 Å². The summed E-state index contributed by atoms with van der Waals surface area (Å²) in [6, 6.07) is 21.6. The maximum absolute atomic E-state index is 13.3. The highest BCUT2D eigenvalue weighted by molar-refractivity contribution is 6.30. The fourth-order valence-corrected chi connectivity index (χ4v) is 4.34. The molecule has 0 N–H and O–H groups in total. The van der Waals surface area contributed by atoms with Crippen LogP contribution in [0.3, 0.4) is 0 Å². The molecule has 0 bridgehead atoms. The van der Waals surface area contributed by atoms with Gasteiger partial charge in [0.15, 0.2) is 0 Å². The van der Waals surface area contributed by atoms with Crippen molar-refractivity contribution in [2.24, 2.45) is 0 Å². The van der Waals surface area contributed by atoms with Crippen molar-refractivity contribution in [1.29, 1.82) is 0 Å². The highest BCUT2D eigenvalue weighted by atomic mass is 35.5. The van der Waals surface area contributed by atoms with E-state index in [-0.39, 0.29) is 11.9 Å². The maximum atomic E-state index is 13.3. The summed E-state index contributed by atoms with van der Waals surface area (Å²) < 4.78 is 11.2. The highest BCUT2D eigenvalue weighted by Crippen LogP contribution is 2.42. The molecule has 0 aliphatic carbocycles. The highest BCUT2D eigenvalue weighted by Gasteiger charge is 2.42. The molecule has 1 amide bonds. The molecule has 0 spiro atoms. The van der Waals surface area contributed by atoms with Crippen molar-refractivity contribution >= 4 is 35.1 Å². The Labute approximate surface area is 202 Å². The molecule has 7 heteroatoms. The molecular formula is C26H23Cl2NO4. The fraction of sp³-hybridized carbons (Fsp3) is 0.231. The summed E-state index contributed by atoms with van der Waals surface area (Å²) in [5, 5.41) is 1.25. The number of halogens is 2. The molecule has 0 aromatic heterocycles. The first-order valence-electron chi connectivity index (χ1n) is 10.5. The number of morpholine rings is 1. The number of carbonyl (C=O) groups is 2. The predicted octanol–water partition coefficient (Wildman–Crippen LogP) is 5.66. The third kappa shape index (κ3) is 5.06. The van der Waals surface area contributed by atoms with Crippen LogP contribution in [0, 0.1) is 0 Å². The fourth-order valence-electron chi connectivity index (χ4n) is 4.09. The Hall–Kier alpha value is -2.86. The molecule has 1 saturated heterocycles. The van der Waals surface area contributed by atoms with Crippen LogP contribution in [0.5, 0.6) is 0 Å². The van der Waals surface area contributed by atoms with E-state index in [1.165, 1.54) is 7.11 Å². The van der Waals surface area contributed by atoms with Crippen molar-refractivity contribution in [3.8, 4) is 0 Å². The van der Waals surface area contributed by atoms with Gasteiger partial charge < -0.3 is 14.4 Å². The number of carbonyl (C=O) groups excluding carboxylic acids is 2. The van der Waals surface area contributed by atoms with E-state index in [1.54, 1.807) is 24.1 Å². The second kappa shape index (κ2) is 9.96. The largest absolute Gasteiger partial charge is 0.465 e. The molecule has 1 fully saturated rings. The number of rotatable bonds is 5. The number of amides is 1. The number of nitrogens with zero attached hydrogens (tertiary/aromatic N) is 1. The molecule has 33 heavy (non-hydrogen) atoms. The second-order valence-corrected chi connectivity index (χ2v) is 8.81. The quantitative estimate of drug-likeness (QED) is 0.439. The topological polar surface area (TPSA) is 55.8 Å². The Kier molecular flexibility index (Phi) is 7.03. The first-order valence-corrected chi connectivity index (χ1v) is 11.2. The lowest BCUT2D eigenvalue weighted by atomic mass is 9.91. The lowest BCUT2D eigenvalue weighted by molar-refractivity contribution is -0.171. The Morgan fingerprint density at radius 3 is 2.00 bits per heavy atom. The van der Waals surface area contributed by atoms with E-state index in [0.717, 1.165) is 16.7 Å². The van der Waals surface area contributed by atoms with E-state index in [4.69, 9.17) is 32.7 Å². The standard InChI is InChI=1S/C26H23Cl2NO4/c1-29-23(17-7-11-20(27)12-8-17)24(18-9-13-21(28)14-10-18)33-22(25(29)30)15-16-3-5-19(6-4-16)26(31)32-2/h3-14,22-24H,15H2,1-2H3/t22-,23+,24-/m0/s1. The minimum absolute atomic E-state index is 0.114. The van der Waals surface area contributed by atoms with Gasteiger partial charge in [0.25, 0.3) is 5.91 Å². The van der Waals surface area contributed by atoms with Crippen molar-refractivity contribution in [1.82, 2.24) is 4.90 Å². The molecule has 1 heterocycles. The first kappa shape index (κ1) is 23.3. The number of hydrogen-bond acceptors (Lipinski definition) is 4. The Morgan fingerprint density at radius 1 is 0.909 bits per heavy atom. The van der Waals surface area contributed by atoms with Crippen LogP contribution in [0.4, 0.5) is 0 Å². The van der Waals surface area contributed by atoms with E-state index in [2.05, 4.69) is 0 Å². The van der Waals surface area contributed by atoms with Crippen LogP contribution in [0.1, 0.15) is 39.2 Å². The summed E-state index contributed by atoms with van der Waals surface area (Å²) in [5.74, 6) is -0.517. The van der Waals surface area contributed by atoms with E-state index >= 15 is 0 Å². The second-order valence-electron chi connectivity index (χ2n) is 7.94. The average Bonchev–Trinajstić information content (AvgIpc) is 2.83. The van der Waals surface area contributed by atoms with Crippen LogP contribution >= 0.6 is 23.2 Å². The van der Waals surface area contributed by atoms with Crippen LogP contribution in [0.2, 0.25) is 10.0 Å². The smallest absolute Gasteiger partial charge is 0.337 e. The summed E-state index contributed by atoms with van der Waals surface area (Å²) in [7, 11) is 3.13. The van der Waals surface area contributed by atoms with Gasteiger partial charge in [-0.15, -0.1) is 0 Å². The van der Waals surface area contributed by atoms with Gasteiger partial charge in [-0.1, -0.05) is 59.6 Å². The molecule has 0 radical (unpaired) electrons. The Bertz CT molecular complexity index is 1130. The Balaban J connectivity index is 1.64. The van der Waals surface area contributed by atoms with Crippen LogP contribution in [-0.2, 0) is 20.7 Å². The van der Waals surface area contributed by atoms with Crippen molar-refractivity contribution in [3.05, 3.63) is 105 Å². The van der Waals surface area contributed by atoms with Crippen LogP contribution in [-0.4, -0.2) is 37.0 Å². The molecule has 3 atom stereocenters. The number of benzene rings is 3. The van der Waals surface area contributed by atoms with Gasteiger partial charge in [-0.2, -0.15) is 0 Å². The van der Waals surface area contributed by atoms with Gasteiger partial charge in [-0.05, 0) is 53.1 Å². The number of hydrogen-bond donors (Lipinski definition) is 0. The van der Waals surface area contributed by atoms with Crippen molar-refractivity contribution in [3.63, 3.8) is 0 Å². The zero-order valence-corrected chi connectivity index (χ0v) is 19.7. The minimum Gasteiger partial charge on any atom is -0.465 e. The first-order chi connectivity index (χ1) is 15.9. The molecule has 4 rings (SSSR count). The molecule has 3 aromatic rings. The number of esters is 1. The molecule has 0 unspecified atom stereocenters. The molecule has 170 valence electrons. The van der Waals surface area contributed by atoms with Crippen LogP contribution < -0.4 is 0 Å². The number of likely N-dealkylation sites (N-methyl/N-ethyl adjacent to an activating group) is 1. The van der Waals surface area contributed by atoms with E-state index in [1.807, 2.05) is 60.7 Å². The van der Waals surface area contributed by atoms with Gasteiger partial charge >= 0.3 is 5.97 Å². The third-order valence-electron chi connectivity index (χ3n) is 5.84. The van der Waals surface area contributed by atoms with Gasteiger partial charge in [0.2, 0.25) is 0 Å². The molecular weight excluding hydrogens is 461 g/mol. The lowest BCUT2D eigenvalue weighted by Crippen LogP contribution is -2.49. The lowest BCUT2D eigenvalue weighted by Gasteiger charge is -2.43. The van der Waals surface area contributed by atoms with Crippen molar-refractivity contribution in [2.75, 3.05) is 14.2 Å². The summed E-state index contributed by atoms with van der Waals surface area (Å²) >= 11 is 12.2. The predicted molar refractivity (Wildman–Crippen MR) is 128 cm³/mol. The molecule has 1 aliphatic rings. The zero-order chi connectivity index (χ0) is 23.5. The monoisotopic (exact) mass is 483 g/mol.